The van der Waals surface area contributed by atoms with Crippen LogP contribution in [0.2, 0.25) is 0 Å². The van der Waals surface area contributed by atoms with E-state index in [4.69, 9.17) is 0 Å². The highest BCUT2D eigenvalue weighted by molar-refractivity contribution is 5.81. The first-order chi connectivity index (χ1) is 8.75. The summed E-state index contributed by atoms with van der Waals surface area (Å²) < 4.78 is 1.95. The monoisotopic (exact) mass is 244 g/mol. The van der Waals surface area contributed by atoms with Crippen molar-refractivity contribution < 1.29 is 4.79 Å². The van der Waals surface area contributed by atoms with Gasteiger partial charge in [-0.1, -0.05) is 13.0 Å². The number of nitrogens with one attached hydrogen (secondary N) is 1. The SMILES string of the molecule is CC1CC1C(=O)NCCc1nnc2ccccn12. The van der Waals surface area contributed by atoms with Crippen LogP contribution >= 0.6 is 0 Å². The fourth-order valence-electron chi connectivity index (χ4n) is 2.18. The molecule has 1 aliphatic carbocycles. The van der Waals surface area contributed by atoms with Crippen molar-refractivity contribution in [3.8, 4) is 0 Å². The van der Waals surface area contributed by atoms with Gasteiger partial charge in [0.05, 0.1) is 0 Å². The Hall–Kier alpha value is -1.91. The van der Waals surface area contributed by atoms with Crippen molar-refractivity contribution in [2.45, 2.75) is 19.8 Å². The standard InChI is InChI=1S/C13H16N4O/c1-9-8-10(9)13(18)14-6-5-12-16-15-11-4-2-3-7-17(11)12/h2-4,7,9-10H,5-6,8H2,1H3,(H,14,18). The largest absolute Gasteiger partial charge is 0.355 e. The Morgan fingerprint density at radius 2 is 2.33 bits per heavy atom. The number of hydrogen-bond acceptors (Lipinski definition) is 3. The number of carbonyl (C=O) groups is 1. The molecule has 2 aromatic rings. The van der Waals surface area contributed by atoms with E-state index >= 15 is 0 Å². The van der Waals surface area contributed by atoms with Crippen molar-refractivity contribution in [1.82, 2.24) is 19.9 Å². The van der Waals surface area contributed by atoms with Crippen LogP contribution in [0, 0.1) is 11.8 Å². The minimum atomic E-state index is 0.177. The first-order valence-corrected chi connectivity index (χ1v) is 6.32. The maximum Gasteiger partial charge on any atom is 0.223 e. The van der Waals surface area contributed by atoms with E-state index in [9.17, 15) is 4.79 Å². The van der Waals surface area contributed by atoms with Crippen LogP contribution < -0.4 is 5.32 Å². The molecule has 0 saturated heterocycles. The molecule has 2 unspecified atom stereocenters. The van der Waals surface area contributed by atoms with Crippen molar-refractivity contribution in [2.75, 3.05) is 6.54 Å². The van der Waals surface area contributed by atoms with Crippen LogP contribution in [0.25, 0.3) is 5.65 Å². The van der Waals surface area contributed by atoms with Gasteiger partial charge >= 0.3 is 0 Å². The quantitative estimate of drug-likeness (QED) is 0.874. The molecule has 2 heterocycles. The second kappa shape index (κ2) is 4.40. The summed E-state index contributed by atoms with van der Waals surface area (Å²) >= 11 is 0. The number of nitrogens with zero attached hydrogens (tertiary/aromatic N) is 3. The molecule has 0 radical (unpaired) electrons. The second-order valence-electron chi connectivity index (χ2n) is 4.91. The zero-order valence-corrected chi connectivity index (χ0v) is 10.3. The Bertz CT molecular complexity index is 577. The zero-order valence-electron chi connectivity index (χ0n) is 10.3. The number of amides is 1. The number of carbonyl (C=O) groups excluding carboxylic acids is 1. The molecule has 1 saturated carbocycles. The predicted octanol–water partition coefficient (Wildman–Crippen LogP) is 1.04. The van der Waals surface area contributed by atoms with Crippen LogP contribution in [-0.4, -0.2) is 27.0 Å². The lowest BCUT2D eigenvalue weighted by atomic mass is 10.3. The summed E-state index contributed by atoms with van der Waals surface area (Å²) in [7, 11) is 0. The zero-order chi connectivity index (χ0) is 12.5. The fourth-order valence-corrected chi connectivity index (χ4v) is 2.18. The van der Waals surface area contributed by atoms with Crippen molar-refractivity contribution in [1.29, 1.82) is 0 Å². The lowest BCUT2D eigenvalue weighted by molar-refractivity contribution is -0.122. The second-order valence-corrected chi connectivity index (χ2v) is 4.91. The number of pyridine rings is 1. The summed E-state index contributed by atoms with van der Waals surface area (Å²) in [5, 5.41) is 11.2. The molecule has 1 amide bonds. The van der Waals surface area contributed by atoms with Gasteiger partial charge in [0.2, 0.25) is 5.91 Å². The normalized spacial score (nSPS) is 22.1. The number of hydrogen-bond donors (Lipinski definition) is 1. The Labute approximate surface area is 105 Å². The molecule has 5 heteroatoms. The van der Waals surface area contributed by atoms with E-state index in [1.807, 2.05) is 28.8 Å². The Morgan fingerprint density at radius 3 is 3.11 bits per heavy atom. The van der Waals surface area contributed by atoms with Crippen molar-refractivity contribution in [3.63, 3.8) is 0 Å². The van der Waals surface area contributed by atoms with E-state index in [1.165, 1.54) is 0 Å². The predicted molar refractivity (Wildman–Crippen MR) is 67.0 cm³/mol. The number of aromatic nitrogens is 3. The molecule has 18 heavy (non-hydrogen) atoms. The van der Waals surface area contributed by atoms with Gasteiger partial charge in [-0.05, 0) is 24.5 Å². The summed E-state index contributed by atoms with van der Waals surface area (Å²) in [6, 6.07) is 5.80. The van der Waals surface area contributed by atoms with E-state index in [-0.39, 0.29) is 11.8 Å². The highest BCUT2D eigenvalue weighted by atomic mass is 16.2. The van der Waals surface area contributed by atoms with Crippen molar-refractivity contribution in [3.05, 3.63) is 30.2 Å². The summed E-state index contributed by atoms with van der Waals surface area (Å²) in [6.07, 6.45) is 3.67. The van der Waals surface area contributed by atoms with Gasteiger partial charge in [-0.15, -0.1) is 10.2 Å². The maximum atomic E-state index is 11.7. The van der Waals surface area contributed by atoms with Gasteiger partial charge in [0.15, 0.2) is 5.65 Å². The Balaban J connectivity index is 1.58. The third kappa shape index (κ3) is 2.08. The maximum absolute atomic E-state index is 11.7. The third-order valence-electron chi connectivity index (χ3n) is 3.48. The van der Waals surface area contributed by atoms with Gasteiger partial charge in [-0.25, -0.2) is 0 Å². The molecule has 2 aromatic heterocycles. The summed E-state index contributed by atoms with van der Waals surface area (Å²) in [5.74, 6) is 1.85. The Kier molecular flexibility index (Phi) is 2.74. The van der Waals surface area contributed by atoms with E-state index in [0.29, 0.717) is 18.9 Å². The van der Waals surface area contributed by atoms with Gasteiger partial charge in [0.1, 0.15) is 5.82 Å². The molecule has 0 aliphatic heterocycles. The third-order valence-corrected chi connectivity index (χ3v) is 3.48. The molecule has 0 bridgehead atoms. The lowest BCUT2D eigenvalue weighted by Gasteiger charge is -2.03. The first kappa shape index (κ1) is 11.2. The van der Waals surface area contributed by atoms with Crippen LogP contribution in [0.3, 0.4) is 0 Å². The molecule has 2 atom stereocenters. The summed E-state index contributed by atoms with van der Waals surface area (Å²) in [6.45, 7) is 2.73. The van der Waals surface area contributed by atoms with E-state index < -0.39 is 0 Å². The van der Waals surface area contributed by atoms with Gasteiger partial charge < -0.3 is 5.32 Å². The van der Waals surface area contributed by atoms with Gasteiger partial charge in [0.25, 0.3) is 0 Å². The molecule has 0 aromatic carbocycles. The van der Waals surface area contributed by atoms with E-state index in [1.54, 1.807) is 0 Å². The topological polar surface area (TPSA) is 59.3 Å². The molecule has 0 spiro atoms. The minimum absolute atomic E-state index is 0.177. The molecular weight excluding hydrogens is 228 g/mol. The molecule has 1 fully saturated rings. The smallest absolute Gasteiger partial charge is 0.223 e. The number of rotatable bonds is 4. The Morgan fingerprint density at radius 1 is 1.50 bits per heavy atom. The molecule has 94 valence electrons. The number of fused-ring (bicyclic) bond motifs is 1. The lowest BCUT2D eigenvalue weighted by Crippen LogP contribution is -2.28. The van der Waals surface area contributed by atoms with Gasteiger partial charge in [-0.2, -0.15) is 0 Å². The molecule has 1 aliphatic rings. The van der Waals surface area contributed by atoms with Crippen LogP contribution in [0.5, 0.6) is 0 Å². The van der Waals surface area contributed by atoms with E-state index in [0.717, 1.165) is 17.9 Å². The molecule has 5 nitrogen and oxygen atoms in total. The average Bonchev–Trinajstić information content (AvgIpc) is 2.98. The van der Waals surface area contributed by atoms with Crippen molar-refractivity contribution >= 4 is 11.6 Å². The van der Waals surface area contributed by atoms with Gasteiger partial charge in [-0.3, -0.25) is 9.20 Å². The van der Waals surface area contributed by atoms with E-state index in [2.05, 4.69) is 22.4 Å². The summed E-state index contributed by atoms with van der Waals surface area (Å²) in [5.41, 5.74) is 0.842. The fraction of sp³-hybridized carbons (Fsp3) is 0.462. The van der Waals surface area contributed by atoms with Crippen LogP contribution in [0.15, 0.2) is 24.4 Å². The van der Waals surface area contributed by atoms with Crippen molar-refractivity contribution in [2.24, 2.45) is 11.8 Å². The summed E-state index contributed by atoms with van der Waals surface area (Å²) in [4.78, 5) is 11.7. The van der Waals surface area contributed by atoms with Crippen LogP contribution in [0.4, 0.5) is 0 Å². The average molecular weight is 244 g/mol. The highest BCUT2D eigenvalue weighted by Gasteiger charge is 2.38. The molecular formula is C13H16N4O. The van der Waals surface area contributed by atoms with Gasteiger partial charge in [0, 0.05) is 25.1 Å². The molecule has 1 N–H and O–H groups in total. The molecule has 3 rings (SSSR count). The van der Waals surface area contributed by atoms with Crippen LogP contribution in [0.1, 0.15) is 19.2 Å². The first-order valence-electron chi connectivity index (χ1n) is 6.32. The minimum Gasteiger partial charge on any atom is -0.355 e. The highest BCUT2D eigenvalue weighted by Crippen LogP contribution is 2.37. The van der Waals surface area contributed by atoms with Crippen LogP contribution in [-0.2, 0) is 11.2 Å².